The number of nitrogens with one attached hydrogen (secondary N) is 1. The van der Waals surface area contributed by atoms with Crippen LogP contribution in [0.25, 0.3) is 0 Å². The van der Waals surface area contributed by atoms with Gasteiger partial charge in [-0.1, -0.05) is 0 Å². The Bertz CT molecular complexity index is 737. The number of rotatable bonds is 3. The van der Waals surface area contributed by atoms with Crippen LogP contribution in [0.5, 0.6) is 0 Å². The molecule has 2 amide bonds. The highest BCUT2D eigenvalue weighted by molar-refractivity contribution is 5.81. The van der Waals surface area contributed by atoms with E-state index in [2.05, 4.69) is 5.32 Å². The smallest absolute Gasteiger partial charge is 0.251 e. The Morgan fingerprint density at radius 1 is 1.11 bits per heavy atom. The Morgan fingerprint density at radius 2 is 1.89 bits per heavy atom. The molecule has 0 aromatic carbocycles. The molecule has 152 valence electrons. The second-order valence-electron chi connectivity index (χ2n) is 7.90. The minimum atomic E-state index is -0.239. The lowest BCUT2D eigenvalue weighted by molar-refractivity contribution is -0.142. The number of amides is 2. The van der Waals surface area contributed by atoms with Crippen molar-refractivity contribution in [1.29, 1.82) is 0 Å². The normalized spacial score (nSPS) is 22.9. The number of likely N-dealkylation sites (tertiary alicyclic amines) is 1. The van der Waals surface area contributed by atoms with Crippen LogP contribution in [-0.2, 0) is 27.3 Å². The van der Waals surface area contributed by atoms with E-state index in [1.165, 1.54) is 0 Å². The summed E-state index contributed by atoms with van der Waals surface area (Å²) in [6.07, 6.45) is 4.09. The summed E-state index contributed by atoms with van der Waals surface area (Å²) in [6, 6.07) is 0. The molecule has 1 N–H and O–H groups in total. The zero-order chi connectivity index (χ0) is 19.7. The van der Waals surface area contributed by atoms with Crippen molar-refractivity contribution in [2.45, 2.75) is 57.6 Å². The lowest BCUT2D eigenvalue weighted by Gasteiger charge is -2.34. The van der Waals surface area contributed by atoms with Gasteiger partial charge in [0.05, 0.1) is 12.2 Å². The summed E-state index contributed by atoms with van der Waals surface area (Å²) in [5, 5.41) is 3.19. The van der Waals surface area contributed by atoms with E-state index in [0.29, 0.717) is 19.7 Å². The number of hydrogen-bond acceptors (Lipinski definition) is 6. The lowest BCUT2D eigenvalue weighted by Crippen LogP contribution is -2.43. The molecule has 28 heavy (non-hydrogen) atoms. The molecule has 3 aliphatic heterocycles. The molecule has 4 heterocycles. The summed E-state index contributed by atoms with van der Waals surface area (Å²) in [7, 11) is 1.86. The Morgan fingerprint density at radius 3 is 2.54 bits per heavy atom. The SMILES string of the molecule is CNc1nc(C2CCN(C(=O)[C@H]3CCCO3)CC2)nc2c1CN(C(C)=O)CC2. The molecule has 0 radical (unpaired) electrons. The van der Waals surface area contributed by atoms with E-state index in [1.54, 1.807) is 6.92 Å². The number of nitrogens with zero attached hydrogens (tertiary/aromatic N) is 4. The number of fused-ring (bicyclic) bond motifs is 1. The molecule has 8 nitrogen and oxygen atoms in total. The van der Waals surface area contributed by atoms with Crippen LogP contribution in [0.15, 0.2) is 0 Å². The van der Waals surface area contributed by atoms with Gasteiger partial charge in [0.2, 0.25) is 5.91 Å². The Hall–Kier alpha value is -2.22. The van der Waals surface area contributed by atoms with Crippen molar-refractivity contribution in [3.05, 3.63) is 17.1 Å². The van der Waals surface area contributed by atoms with Crippen LogP contribution < -0.4 is 5.32 Å². The van der Waals surface area contributed by atoms with Gasteiger partial charge in [-0.2, -0.15) is 0 Å². The van der Waals surface area contributed by atoms with Crippen LogP contribution in [0.4, 0.5) is 5.82 Å². The largest absolute Gasteiger partial charge is 0.373 e. The number of ether oxygens (including phenoxy) is 1. The maximum atomic E-state index is 12.5. The molecule has 0 spiro atoms. The molecule has 8 heteroatoms. The van der Waals surface area contributed by atoms with Crippen molar-refractivity contribution in [1.82, 2.24) is 19.8 Å². The third kappa shape index (κ3) is 3.70. The summed E-state index contributed by atoms with van der Waals surface area (Å²) in [5.41, 5.74) is 2.07. The van der Waals surface area contributed by atoms with Gasteiger partial charge in [-0.05, 0) is 25.7 Å². The first-order valence-corrected chi connectivity index (χ1v) is 10.3. The number of anilines is 1. The number of hydrogen-bond donors (Lipinski definition) is 1. The van der Waals surface area contributed by atoms with Gasteiger partial charge in [0, 0.05) is 58.1 Å². The van der Waals surface area contributed by atoms with Gasteiger partial charge in [-0.25, -0.2) is 9.97 Å². The number of piperidine rings is 1. The van der Waals surface area contributed by atoms with Crippen molar-refractivity contribution < 1.29 is 14.3 Å². The monoisotopic (exact) mass is 387 g/mol. The molecular formula is C20H29N5O3. The summed E-state index contributed by atoms with van der Waals surface area (Å²) >= 11 is 0. The zero-order valence-corrected chi connectivity index (χ0v) is 16.7. The fourth-order valence-electron chi connectivity index (χ4n) is 4.43. The maximum Gasteiger partial charge on any atom is 0.251 e. The number of carbonyl (C=O) groups excluding carboxylic acids is 2. The second-order valence-corrected chi connectivity index (χ2v) is 7.90. The standard InChI is InChI=1S/C20H29N5O3/c1-13(26)25-10-7-16-15(12-25)19(21-2)23-18(22-16)14-5-8-24(9-6-14)20(27)17-4-3-11-28-17/h14,17H,3-12H2,1-2H3,(H,21,22,23)/t17-/m1/s1. The first-order valence-electron chi connectivity index (χ1n) is 10.3. The van der Waals surface area contributed by atoms with Gasteiger partial charge in [-0.15, -0.1) is 0 Å². The van der Waals surface area contributed by atoms with Crippen molar-refractivity contribution in [3.8, 4) is 0 Å². The molecule has 2 saturated heterocycles. The van der Waals surface area contributed by atoms with Crippen LogP contribution in [0, 0.1) is 0 Å². The first kappa shape index (κ1) is 19.1. The molecule has 0 bridgehead atoms. The van der Waals surface area contributed by atoms with E-state index >= 15 is 0 Å². The Labute approximate surface area is 165 Å². The fourth-order valence-corrected chi connectivity index (χ4v) is 4.43. The predicted molar refractivity (Wildman–Crippen MR) is 104 cm³/mol. The summed E-state index contributed by atoms with van der Waals surface area (Å²) < 4.78 is 5.55. The third-order valence-corrected chi connectivity index (χ3v) is 6.14. The fraction of sp³-hybridized carbons (Fsp3) is 0.700. The quantitative estimate of drug-likeness (QED) is 0.841. The van der Waals surface area contributed by atoms with E-state index in [1.807, 2.05) is 16.8 Å². The second kappa shape index (κ2) is 8.03. The number of carbonyl (C=O) groups is 2. The summed E-state index contributed by atoms with van der Waals surface area (Å²) in [6.45, 7) is 5.04. The van der Waals surface area contributed by atoms with E-state index in [4.69, 9.17) is 14.7 Å². The highest BCUT2D eigenvalue weighted by Gasteiger charge is 2.33. The average molecular weight is 387 g/mol. The van der Waals surface area contributed by atoms with Crippen molar-refractivity contribution in [2.75, 3.05) is 38.6 Å². The zero-order valence-electron chi connectivity index (χ0n) is 16.7. The van der Waals surface area contributed by atoms with E-state index < -0.39 is 0 Å². The minimum absolute atomic E-state index is 0.0834. The van der Waals surface area contributed by atoms with E-state index in [9.17, 15) is 9.59 Å². The third-order valence-electron chi connectivity index (χ3n) is 6.14. The molecular weight excluding hydrogens is 358 g/mol. The topological polar surface area (TPSA) is 87.7 Å². The van der Waals surface area contributed by atoms with Crippen molar-refractivity contribution >= 4 is 17.6 Å². The van der Waals surface area contributed by atoms with Crippen LogP contribution in [0.3, 0.4) is 0 Å². The molecule has 2 fully saturated rings. The van der Waals surface area contributed by atoms with Crippen LogP contribution in [-0.4, -0.2) is 71.0 Å². The molecule has 1 aromatic rings. The summed E-state index contributed by atoms with van der Waals surface area (Å²) in [5.74, 6) is 2.17. The van der Waals surface area contributed by atoms with Gasteiger partial charge < -0.3 is 19.9 Å². The van der Waals surface area contributed by atoms with Gasteiger partial charge in [-0.3, -0.25) is 9.59 Å². The molecule has 4 rings (SSSR count). The molecule has 0 unspecified atom stereocenters. The van der Waals surface area contributed by atoms with Gasteiger partial charge in [0.25, 0.3) is 5.91 Å². The molecule has 0 saturated carbocycles. The Balaban J connectivity index is 1.45. The molecule has 1 atom stereocenters. The molecule has 1 aromatic heterocycles. The average Bonchev–Trinajstić information content (AvgIpc) is 3.27. The van der Waals surface area contributed by atoms with Crippen LogP contribution in [0.1, 0.15) is 55.6 Å². The first-order chi connectivity index (χ1) is 13.6. The molecule has 0 aliphatic carbocycles. The van der Waals surface area contributed by atoms with Crippen LogP contribution >= 0.6 is 0 Å². The minimum Gasteiger partial charge on any atom is -0.373 e. The lowest BCUT2D eigenvalue weighted by atomic mass is 9.94. The highest BCUT2D eigenvalue weighted by atomic mass is 16.5. The van der Waals surface area contributed by atoms with E-state index in [-0.39, 0.29) is 23.8 Å². The van der Waals surface area contributed by atoms with Crippen LogP contribution in [0.2, 0.25) is 0 Å². The van der Waals surface area contributed by atoms with Crippen molar-refractivity contribution in [2.24, 2.45) is 0 Å². The highest BCUT2D eigenvalue weighted by Crippen LogP contribution is 2.31. The predicted octanol–water partition coefficient (Wildman–Crippen LogP) is 1.31. The van der Waals surface area contributed by atoms with Gasteiger partial charge in [0.1, 0.15) is 17.7 Å². The summed E-state index contributed by atoms with van der Waals surface area (Å²) in [4.78, 5) is 37.7. The van der Waals surface area contributed by atoms with E-state index in [0.717, 1.165) is 68.1 Å². The maximum absolute atomic E-state index is 12.5. The van der Waals surface area contributed by atoms with Crippen molar-refractivity contribution in [3.63, 3.8) is 0 Å². The molecule has 3 aliphatic rings. The number of aromatic nitrogens is 2. The van der Waals surface area contributed by atoms with Gasteiger partial charge in [0.15, 0.2) is 0 Å². The Kier molecular flexibility index (Phi) is 5.48. The van der Waals surface area contributed by atoms with Gasteiger partial charge >= 0.3 is 0 Å².